The summed E-state index contributed by atoms with van der Waals surface area (Å²) < 4.78 is 5.47. The van der Waals surface area contributed by atoms with Gasteiger partial charge in [0, 0.05) is 10.6 Å². The Morgan fingerprint density at radius 3 is 2.69 bits per heavy atom. The van der Waals surface area contributed by atoms with Gasteiger partial charge in [-0.2, -0.15) is 0 Å². The molecule has 84 valence electrons. The van der Waals surface area contributed by atoms with Gasteiger partial charge < -0.3 is 4.74 Å². The summed E-state index contributed by atoms with van der Waals surface area (Å²) in [6.45, 7) is 2.16. The number of carbonyl (C=O) groups is 1. The summed E-state index contributed by atoms with van der Waals surface area (Å²) in [6, 6.07) is 9.86. The van der Waals surface area contributed by atoms with Gasteiger partial charge in [-0.1, -0.05) is 52.3 Å². The third-order valence-corrected chi connectivity index (χ3v) is 2.27. The fourth-order valence-corrected chi connectivity index (χ4v) is 1.40. The maximum absolute atomic E-state index is 11.1. The van der Waals surface area contributed by atoms with Gasteiger partial charge in [0.25, 0.3) is 0 Å². The molecule has 0 fully saturated rings. The predicted molar refractivity (Wildman–Crippen MR) is 69.1 cm³/mol. The zero-order valence-corrected chi connectivity index (χ0v) is 10.6. The van der Waals surface area contributed by atoms with Gasteiger partial charge in [-0.15, -0.1) is 0 Å². The van der Waals surface area contributed by atoms with Crippen LogP contribution in [0.15, 0.2) is 47.0 Å². The van der Waals surface area contributed by atoms with Gasteiger partial charge in [0.15, 0.2) is 0 Å². The lowest BCUT2D eigenvalue weighted by atomic mass is 10.2. The number of halogens is 1. The largest absolute Gasteiger partial charge is 0.463 e. The molecule has 1 aromatic carbocycles. The SMILES string of the molecule is CCOC(=O)/C=C(Br)\C=C\c1ccccc1. The standard InChI is InChI=1S/C13H13BrO2/c1-2-16-13(15)10-12(14)9-8-11-6-4-3-5-7-11/h3-10H,2H2,1H3/b9-8+,12-10+. The van der Waals surface area contributed by atoms with Gasteiger partial charge >= 0.3 is 5.97 Å². The fourth-order valence-electron chi connectivity index (χ4n) is 1.08. The summed E-state index contributed by atoms with van der Waals surface area (Å²) in [4.78, 5) is 11.1. The number of carbonyl (C=O) groups excluding carboxylic acids is 1. The Morgan fingerprint density at radius 2 is 2.06 bits per heavy atom. The number of allylic oxidation sites excluding steroid dienone is 2. The predicted octanol–water partition coefficient (Wildman–Crippen LogP) is 3.54. The van der Waals surface area contributed by atoms with E-state index in [1.165, 1.54) is 6.08 Å². The van der Waals surface area contributed by atoms with Crippen LogP contribution in [-0.2, 0) is 9.53 Å². The van der Waals surface area contributed by atoms with Crippen molar-refractivity contribution in [3.05, 3.63) is 52.5 Å². The molecule has 16 heavy (non-hydrogen) atoms. The molecule has 0 saturated carbocycles. The molecule has 0 aliphatic carbocycles. The molecule has 0 amide bonds. The Hall–Kier alpha value is -1.35. The summed E-state index contributed by atoms with van der Waals surface area (Å²) in [7, 11) is 0. The van der Waals surface area contributed by atoms with Crippen molar-refractivity contribution in [2.24, 2.45) is 0 Å². The number of ether oxygens (including phenoxy) is 1. The van der Waals surface area contributed by atoms with Crippen molar-refractivity contribution in [2.75, 3.05) is 6.61 Å². The molecule has 0 aliphatic rings. The normalized spacial score (nSPS) is 11.8. The number of rotatable bonds is 4. The molecule has 0 N–H and O–H groups in total. The Bertz CT molecular complexity index is 394. The highest BCUT2D eigenvalue weighted by Gasteiger charge is 1.96. The highest BCUT2D eigenvalue weighted by Crippen LogP contribution is 2.10. The van der Waals surface area contributed by atoms with E-state index < -0.39 is 0 Å². The highest BCUT2D eigenvalue weighted by molar-refractivity contribution is 9.11. The number of benzene rings is 1. The molecule has 0 unspecified atom stereocenters. The van der Waals surface area contributed by atoms with E-state index in [0.29, 0.717) is 11.1 Å². The van der Waals surface area contributed by atoms with Crippen LogP contribution in [0.3, 0.4) is 0 Å². The summed E-state index contributed by atoms with van der Waals surface area (Å²) >= 11 is 3.28. The second-order valence-electron chi connectivity index (χ2n) is 3.03. The van der Waals surface area contributed by atoms with E-state index in [2.05, 4.69) is 15.9 Å². The van der Waals surface area contributed by atoms with Gasteiger partial charge in [0.05, 0.1) is 6.61 Å². The van der Waals surface area contributed by atoms with E-state index in [-0.39, 0.29) is 5.97 Å². The van der Waals surface area contributed by atoms with Crippen molar-refractivity contribution >= 4 is 28.0 Å². The molecular weight excluding hydrogens is 268 g/mol. The highest BCUT2D eigenvalue weighted by atomic mass is 79.9. The van der Waals surface area contributed by atoms with Crippen LogP contribution in [-0.4, -0.2) is 12.6 Å². The van der Waals surface area contributed by atoms with E-state index in [0.717, 1.165) is 5.56 Å². The van der Waals surface area contributed by atoms with Crippen LogP contribution in [0.25, 0.3) is 6.08 Å². The minimum atomic E-state index is -0.341. The Kier molecular flexibility index (Phi) is 5.57. The van der Waals surface area contributed by atoms with Crippen molar-refractivity contribution in [3.63, 3.8) is 0 Å². The molecule has 3 heteroatoms. The molecule has 0 aliphatic heterocycles. The van der Waals surface area contributed by atoms with Gasteiger partial charge in [-0.3, -0.25) is 0 Å². The van der Waals surface area contributed by atoms with E-state index in [1.807, 2.05) is 42.5 Å². The zero-order chi connectivity index (χ0) is 11.8. The zero-order valence-electron chi connectivity index (χ0n) is 9.02. The first-order chi connectivity index (χ1) is 7.72. The van der Waals surface area contributed by atoms with E-state index in [4.69, 9.17) is 4.74 Å². The average Bonchev–Trinajstić information content (AvgIpc) is 2.28. The van der Waals surface area contributed by atoms with Crippen molar-refractivity contribution in [2.45, 2.75) is 6.92 Å². The smallest absolute Gasteiger partial charge is 0.331 e. The summed E-state index contributed by atoms with van der Waals surface area (Å²) in [5.74, 6) is -0.341. The summed E-state index contributed by atoms with van der Waals surface area (Å²) in [5, 5.41) is 0. The van der Waals surface area contributed by atoms with Crippen LogP contribution in [0.4, 0.5) is 0 Å². The second kappa shape index (κ2) is 7.01. The number of esters is 1. The molecule has 1 aromatic rings. The maximum atomic E-state index is 11.1. The van der Waals surface area contributed by atoms with Gasteiger partial charge in [0.2, 0.25) is 0 Å². The van der Waals surface area contributed by atoms with Crippen molar-refractivity contribution in [1.29, 1.82) is 0 Å². The van der Waals surface area contributed by atoms with E-state index in [9.17, 15) is 4.79 Å². The average molecular weight is 281 g/mol. The van der Waals surface area contributed by atoms with Crippen LogP contribution in [0, 0.1) is 0 Å². The van der Waals surface area contributed by atoms with Crippen LogP contribution in [0.1, 0.15) is 12.5 Å². The van der Waals surface area contributed by atoms with Crippen LogP contribution >= 0.6 is 15.9 Å². The molecule has 0 saturated heterocycles. The first kappa shape index (κ1) is 12.7. The minimum Gasteiger partial charge on any atom is -0.463 e. The third-order valence-electron chi connectivity index (χ3n) is 1.78. The van der Waals surface area contributed by atoms with Crippen molar-refractivity contribution in [3.8, 4) is 0 Å². The van der Waals surface area contributed by atoms with Gasteiger partial charge in [0.1, 0.15) is 0 Å². The molecule has 0 atom stereocenters. The molecule has 0 aromatic heterocycles. The third kappa shape index (κ3) is 4.94. The topological polar surface area (TPSA) is 26.3 Å². The molecule has 0 spiro atoms. The molecule has 2 nitrogen and oxygen atoms in total. The van der Waals surface area contributed by atoms with Gasteiger partial charge in [-0.25, -0.2) is 4.79 Å². The van der Waals surface area contributed by atoms with E-state index in [1.54, 1.807) is 6.92 Å². The van der Waals surface area contributed by atoms with Crippen LogP contribution < -0.4 is 0 Å². The minimum absolute atomic E-state index is 0.341. The molecule has 0 bridgehead atoms. The second-order valence-corrected chi connectivity index (χ2v) is 3.94. The first-order valence-corrected chi connectivity index (χ1v) is 5.78. The summed E-state index contributed by atoms with van der Waals surface area (Å²) in [5.41, 5.74) is 1.08. The maximum Gasteiger partial charge on any atom is 0.331 e. The molecular formula is C13H13BrO2. The Balaban J connectivity index is 2.60. The Morgan fingerprint density at radius 1 is 1.38 bits per heavy atom. The van der Waals surface area contributed by atoms with Crippen molar-refractivity contribution in [1.82, 2.24) is 0 Å². The summed E-state index contributed by atoms with van der Waals surface area (Å²) in [6.07, 6.45) is 5.13. The lowest BCUT2D eigenvalue weighted by molar-refractivity contribution is -0.137. The van der Waals surface area contributed by atoms with Gasteiger partial charge in [-0.05, 0) is 18.6 Å². The molecule has 0 radical (unpaired) electrons. The lowest BCUT2D eigenvalue weighted by Gasteiger charge is -1.95. The monoisotopic (exact) mass is 280 g/mol. The molecule has 0 heterocycles. The first-order valence-electron chi connectivity index (χ1n) is 4.99. The van der Waals surface area contributed by atoms with Crippen LogP contribution in [0.5, 0.6) is 0 Å². The lowest BCUT2D eigenvalue weighted by Crippen LogP contribution is -1.99. The Labute approximate surface area is 104 Å². The quantitative estimate of drug-likeness (QED) is 0.479. The van der Waals surface area contributed by atoms with Crippen molar-refractivity contribution < 1.29 is 9.53 Å². The number of hydrogen-bond acceptors (Lipinski definition) is 2. The number of hydrogen-bond donors (Lipinski definition) is 0. The van der Waals surface area contributed by atoms with Crippen LogP contribution in [0.2, 0.25) is 0 Å². The van der Waals surface area contributed by atoms with E-state index >= 15 is 0 Å². The fraction of sp³-hybridized carbons (Fsp3) is 0.154. The molecule has 1 rings (SSSR count).